The highest BCUT2D eigenvalue weighted by atomic mass is 32.2. The summed E-state index contributed by atoms with van der Waals surface area (Å²) in [6.07, 6.45) is 2.38. The molecule has 0 saturated heterocycles. The Kier molecular flexibility index (Phi) is 5.69. The van der Waals surface area contributed by atoms with Gasteiger partial charge in [0, 0.05) is 11.6 Å². The number of benzene rings is 2. The van der Waals surface area contributed by atoms with Crippen molar-refractivity contribution in [3.8, 4) is 16.9 Å². The molecule has 0 aliphatic heterocycles. The number of hydrogen-bond donors (Lipinski definition) is 1. The Hall–Kier alpha value is -3.14. The first-order valence-corrected chi connectivity index (χ1v) is 8.56. The number of carbonyl (C=O) groups is 2. The molecular weight excluding hydrogens is 389 g/mol. The number of carbonyl (C=O) groups excluding carboxylic acids is 1. The highest BCUT2D eigenvalue weighted by molar-refractivity contribution is 7.88. The van der Waals surface area contributed by atoms with Crippen molar-refractivity contribution in [1.29, 1.82) is 0 Å². The van der Waals surface area contributed by atoms with Gasteiger partial charge >= 0.3 is 21.6 Å². The lowest BCUT2D eigenvalue weighted by Crippen LogP contribution is -2.28. The van der Waals surface area contributed by atoms with Gasteiger partial charge in [-0.2, -0.15) is 21.6 Å². The Bertz CT molecular complexity index is 1010. The molecule has 2 aromatic carbocycles. The highest BCUT2D eigenvalue weighted by Gasteiger charge is 2.48. The summed E-state index contributed by atoms with van der Waals surface area (Å²) in [7, 11) is -5.87. The first-order chi connectivity index (χ1) is 12.5. The maximum absolute atomic E-state index is 12.5. The molecule has 0 aliphatic carbocycles. The maximum atomic E-state index is 12.5. The van der Waals surface area contributed by atoms with Crippen LogP contribution in [0.3, 0.4) is 0 Å². The topological polar surface area (TPSA) is 97.7 Å². The monoisotopic (exact) mass is 400 g/mol. The number of rotatable bonds is 6. The minimum Gasteiger partial charge on any atom is -0.478 e. The van der Waals surface area contributed by atoms with E-state index in [0.717, 1.165) is 24.3 Å². The minimum atomic E-state index is -5.87. The molecule has 0 heterocycles. The van der Waals surface area contributed by atoms with Gasteiger partial charge in [-0.3, -0.25) is 4.79 Å². The summed E-state index contributed by atoms with van der Waals surface area (Å²) in [6, 6.07) is 9.35. The Balaban J connectivity index is 2.55. The van der Waals surface area contributed by atoms with Crippen LogP contribution in [-0.4, -0.2) is 31.3 Å². The van der Waals surface area contributed by atoms with Gasteiger partial charge in [0.25, 0.3) is 0 Å². The summed E-state index contributed by atoms with van der Waals surface area (Å²) >= 11 is 0. The number of hydrogen-bond acceptors (Lipinski definition) is 5. The third-order valence-corrected chi connectivity index (χ3v) is 4.23. The second-order valence-corrected chi connectivity index (χ2v) is 6.68. The van der Waals surface area contributed by atoms with Gasteiger partial charge in [0.15, 0.2) is 0 Å². The lowest BCUT2D eigenvalue weighted by atomic mass is 9.97. The largest absolute Gasteiger partial charge is 0.534 e. The van der Waals surface area contributed by atoms with E-state index in [1.165, 1.54) is 18.2 Å². The molecule has 0 radical (unpaired) electrons. The van der Waals surface area contributed by atoms with E-state index < -0.39 is 27.3 Å². The van der Waals surface area contributed by atoms with Crippen LogP contribution in [0.1, 0.15) is 15.9 Å². The molecule has 0 aromatic heterocycles. The molecule has 6 nitrogen and oxygen atoms in total. The average Bonchev–Trinajstić information content (AvgIpc) is 2.58. The Morgan fingerprint density at radius 1 is 1.11 bits per heavy atom. The summed E-state index contributed by atoms with van der Waals surface area (Å²) in [5, 5.41) is 8.77. The summed E-state index contributed by atoms with van der Waals surface area (Å²) in [4.78, 5) is 21.7. The van der Waals surface area contributed by atoms with Crippen molar-refractivity contribution >= 4 is 28.4 Å². The van der Waals surface area contributed by atoms with Crippen molar-refractivity contribution in [2.24, 2.45) is 0 Å². The van der Waals surface area contributed by atoms with Gasteiger partial charge in [0.1, 0.15) is 12.0 Å². The number of aldehydes is 1. The summed E-state index contributed by atoms with van der Waals surface area (Å²) in [5.74, 6) is -1.97. The van der Waals surface area contributed by atoms with E-state index >= 15 is 0 Å². The summed E-state index contributed by atoms with van der Waals surface area (Å²) < 4.78 is 63.7. The van der Waals surface area contributed by atoms with Crippen molar-refractivity contribution < 1.29 is 40.5 Å². The van der Waals surface area contributed by atoms with E-state index in [1.807, 2.05) is 0 Å². The molecule has 2 aromatic rings. The maximum Gasteiger partial charge on any atom is 0.534 e. The lowest BCUT2D eigenvalue weighted by molar-refractivity contribution is -0.131. The predicted molar refractivity (Wildman–Crippen MR) is 89.5 cm³/mol. The number of carboxylic acids is 1. The molecule has 0 bridgehead atoms. The van der Waals surface area contributed by atoms with E-state index in [2.05, 4.69) is 4.18 Å². The second kappa shape index (κ2) is 7.62. The van der Waals surface area contributed by atoms with Crippen LogP contribution in [0.25, 0.3) is 17.2 Å². The minimum absolute atomic E-state index is 0.0790. The fourth-order valence-electron chi connectivity index (χ4n) is 2.11. The number of carboxylic acid groups (broad SMARTS) is 1. The molecule has 1 N–H and O–H groups in total. The van der Waals surface area contributed by atoms with Gasteiger partial charge in [-0.25, -0.2) is 4.79 Å². The lowest BCUT2D eigenvalue weighted by Gasteiger charge is -2.12. The van der Waals surface area contributed by atoms with Crippen molar-refractivity contribution in [3.63, 3.8) is 0 Å². The van der Waals surface area contributed by atoms with Crippen LogP contribution in [0.2, 0.25) is 0 Å². The molecule has 0 unspecified atom stereocenters. The molecule has 0 atom stereocenters. The molecule has 142 valence electrons. The summed E-state index contributed by atoms with van der Waals surface area (Å²) in [5.41, 5.74) is -4.39. The van der Waals surface area contributed by atoms with Gasteiger partial charge in [0.2, 0.25) is 0 Å². The van der Waals surface area contributed by atoms with Crippen LogP contribution in [0.4, 0.5) is 13.2 Å². The zero-order valence-electron chi connectivity index (χ0n) is 13.3. The van der Waals surface area contributed by atoms with E-state index in [4.69, 9.17) is 5.11 Å². The predicted octanol–water partition coefficient (Wildman–Crippen LogP) is 3.49. The van der Waals surface area contributed by atoms with Crippen molar-refractivity contribution in [2.75, 3.05) is 0 Å². The van der Waals surface area contributed by atoms with E-state index in [1.54, 1.807) is 12.1 Å². The molecule has 0 saturated carbocycles. The van der Waals surface area contributed by atoms with Crippen LogP contribution in [0, 0.1) is 0 Å². The van der Waals surface area contributed by atoms with Gasteiger partial charge in [0.05, 0.1) is 0 Å². The first kappa shape index (κ1) is 20.2. The van der Waals surface area contributed by atoms with Crippen molar-refractivity contribution in [3.05, 3.63) is 59.7 Å². The zero-order valence-corrected chi connectivity index (χ0v) is 14.1. The fourth-order valence-corrected chi connectivity index (χ4v) is 2.56. The Labute approximate surface area is 151 Å². The Morgan fingerprint density at radius 2 is 1.81 bits per heavy atom. The van der Waals surface area contributed by atoms with Gasteiger partial charge < -0.3 is 9.29 Å². The summed E-state index contributed by atoms with van der Waals surface area (Å²) in [6.45, 7) is 0. The zero-order chi connectivity index (χ0) is 20.2. The molecule has 0 spiro atoms. The first-order valence-electron chi connectivity index (χ1n) is 7.15. The van der Waals surface area contributed by atoms with E-state index in [-0.39, 0.29) is 5.56 Å². The van der Waals surface area contributed by atoms with Crippen molar-refractivity contribution in [1.82, 2.24) is 0 Å². The number of alkyl halides is 3. The van der Waals surface area contributed by atoms with Crippen molar-refractivity contribution in [2.45, 2.75) is 5.51 Å². The van der Waals surface area contributed by atoms with E-state index in [9.17, 15) is 31.2 Å². The second-order valence-electron chi connectivity index (χ2n) is 5.15. The molecule has 0 aliphatic rings. The Morgan fingerprint density at radius 3 is 2.41 bits per heavy atom. The molecule has 0 amide bonds. The third kappa shape index (κ3) is 4.94. The van der Waals surface area contributed by atoms with Gasteiger partial charge in [-0.05, 0) is 41.0 Å². The molecule has 2 rings (SSSR count). The van der Waals surface area contributed by atoms with Gasteiger partial charge in [-0.1, -0.05) is 24.3 Å². The quantitative estimate of drug-likeness (QED) is 0.345. The van der Waals surface area contributed by atoms with Crippen LogP contribution < -0.4 is 4.18 Å². The molecule has 27 heavy (non-hydrogen) atoms. The number of aliphatic carboxylic acids is 1. The third-order valence-electron chi connectivity index (χ3n) is 3.25. The van der Waals surface area contributed by atoms with Crippen LogP contribution in [-0.2, 0) is 14.9 Å². The van der Waals surface area contributed by atoms with Crippen LogP contribution in [0.15, 0.2) is 48.5 Å². The van der Waals surface area contributed by atoms with Crippen LogP contribution in [0.5, 0.6) is 5.75 Å². The normalized spacial score (nSPS) is 12.1. The van der Waals surface area contributed by atoms with Gasteiger partial charge in [-0.15, -0.1) is 0 Å². The molecule has 0 fully saturated rings. The SMILES string of the molecule is O=Cc1cccc(-c2ccc(OS(=O)(=O)C(F)(F)F)cc2/C=C/C(=O)O)c1. The fraction of sp³-hybridized carbons (Fsp3) is 0.0588. The molecular formula is C17H11F3O6S. The smallest absolute Gasteiger partial charge is 0.478 e. The number of halogens is 3. The van der Waals surface area contributed by atoms with Crippen LogP contribution >= 0.6 is 0 Å². The molecule has 10 heteroatoms. The average molecular weight is 400 g/mol. The van der Waals surface area contributed by atoms with E-state index in [0.29, 0.717) is 23.0 Å². The standard InChI is InChI=1S/C17H11F3O6S/c18-17(19,20)27(24,25)26-14-5-6-15(13(9-14)4-7-16(22)23)12-3-1-2-11(8-12)10-21/h1-10H,(H,22,23)/b7-4+. The highest BCUT2D eigenvalue weighted by Crippen LogP contribution is 2.32.